The fraction of sp³-hybridized carbons (Fsp3) is 0.450. The van der Waals surface area contributed by atoms with Gasteiger partial charge in [0.25, 0.3) is 0 Å². The van der Waals surface area contributed by atoms with Crippen LogP contribution in [0.2, 0.25) is 0 Å². The molecule has 0 spiro atoms. The molecule has 1 saturated carbocycles. The zero-order valence-electron chi connectivity index (χ0n) is 15.3. The topological polar surface area (TPSA) is 77.4 Å². The van der Waals surface area contributed by atoms with Crippen LogP contribution in [0, 0.1) is 11.8 Å². The van der Waals surface area contributed by atoms with Crippen molar-refractivity contribution in [3.8, 4) is 5.75 Å². The fourth-order valence-corrected chi connectivity index (χ4v) is 4.31. The molecule has 2 bridgehead atoms. The maximum atomic E-state index is 13.0. The summed E-state index contributed by atoms with van der Waals surface area (Å²) in [5.41, 5.74) is 11.7. The maximum Gasteiger partial charge on any atom is 0.416 e. The highest BCUT2D eigenvalue weighted by molar-refractivity contribution is 5.46. The Balaban J connectivity index is 1.50. The van der Waals surface area contributed by atoms with Crippen molar-refractivity contribution >= 4 is 11.5 Å². The molecule has 28 heavy (non-hydrogen) atoms. The Morgan fingerprint density at radius 1 is 1.11 bits per heavy atom. The number of piperidine rings is 1. The van der Waals surface area contributed by atoms with Crippen LogP contribution in [-0.4, -0.2) is 24.2 Å². The summed E-state index contributed by atoms with van der Waals surface area (Å²) in [4.78, 5) is 6.64. The molecule has 8 heteroatoms. The summed E-state index contributed by atoms with van der Waals surface area (Å²) in [6.45, 7) is 1.61. The molecule has 1 aliphatic heterocycles. The Kier molecular flexibility index (Phi) is 4.82. The van der Waals surface area contributed by atoms with Crippen LogP contribution < -0.4 is 21.1 Å². The second-order valence-electron chi connectivity index (χ2n) is 7.56. The number of nitrogens with two attached hydrogens (primary N) is 2. The van der Waals surface area contributed by atoms with E-state index in [1.807, 2.05) is 12.1 Å². The lowest BCUT2D eigenvalue weighted by Gasteiger charge is -2.39. The lowest BCUT2D eigenvalue weighted by Crippen LogP contribution is -2.47. The number of fused-ring (bicyclic) bond motifs is 2. The van der Waals surface area contributed by atoms with Gasteiger partial charge in [-0.05, 0) is 43.2 Å². The minimum Gasteiger partial charge on any atom is -0.489 e. The second kappa shape index (κ2) is 7.16. The Morgan fingerprint density at radius 2 is 1.82 bits per heavy atom. The normalized spacial score (nSPS) is 24.4. The molecule has 2 aromatic rings. The van der Waals surface area contributed by atoms with Gasteiger partial charge in [0.15, 0.2) is 0 Å². The average molecular weight is 392 g/mol. The van der Waals surface area contributed by atoms with E-state index in [0.29, 0.717) is 28.8 Å². The van der Waals surface area contributed by atoms with Gasteiger partial charge in [0, 0.05) is 37.0 Å². The Morgan fingerprint density at radius 3 is 2.39 bits per heavy atom. The van der Waals surface area contributed by atoms with Crippen LogP contribution in [0.4, 0.5) is 24.7 Å². The number of aromatic nitrogens is 1. The third-order valence-electron chi connectivity index (χ3n) is 5.71. The summed E-state index contributed by atoms with van der Waals surface area (Å²) in [6.07, 6.45) is -0.708. The first-order valence-electron chi connectivity index (χ1n) is 9.38. The Labute approximate surface area is 161 Å². The Bertz CT molecular complexity index is 826. The molecule has 1 aliphatic carbocycles. The number of rotatable bonds is 4. The van der Waals surface area contributed by atoms with Crippen molar-refractivity contribution in [2.24, 2.45) is 17.6 Å². The minimum absolute atomic E-state index is 0.00277. The van der Waals surface area contributed by atoms with Crippen molar-refractivity contribution in [1.82, 2.24) is 4.98 Å². The van der Waals surface area contributed by atoms with Crippen LogP contribution in [0.3, 0.4) is 0 Å². The highest BCUT2D eigenvalue weighted by Crippen LogP contribution is 2.41. The first kappa shape index (κ1) is 18.9. The standard InChI is InChI=1S/C20H23F3N4O/c21-20(22,23)15-3-5-17(14(7-15)8-24)28-19-12-1-2-13(19)11-27(10-12)18-6-4-16(25)9-26-18/h3-7,9,12-13,19H,1-2,8,10-11,24-25H2. The summed E-state index contributed by atoms with van der Waals surface area (Å²) in [6, 6.07) is 7.30. The molecule has 2 heterocycles. The van der Waals surface area contributed by atoms with E-state index >= 15 is 0 Å². The smallest absolute Gasteiger partial charge is 0.416 e. The van der Waals surface area contributed by atoms with Crippen molar-refractivity contribution in [3.63, 3.8) is 0 Å². The average Bonchev–Trinajstić information content (AvgIpc) is 2.89. The number of halogens is 3. The zero-order valence-corrected chi connectivity index (χ0v) is 15.3. The molecular formula is C20H23F3N4O. The van der Waals surface area contributed by atoms with Gasteiger partial charge in [-0.2, -0.15) is 13.2 Å². The first-order chi connectivity index (χ1) is 13.3. The van der Waals surface area contributed by atoms with Gasteiger partial charge < -0.3 is 21.1 Å². The van der Waals surface area contributed by atoms with Gasteiger partial charge in [-0.25, -0.2) is 4.98 Å². The van der Waals surface area contributed by atoms with Gasteiger partial charge in [-0.15, -0.1) is 0 Å². The lowest BCUT2D eigenvalue weighted by molar-refractivity contribution is -0.137. The van der Waals surface area contributed by atoms with Crippen LogP contribution >= 0.6 is 0 Å². The molecular weight excluding hydrogens is 369 g/mol. The van der Waals surface area contributed by atoms with Crippen molar-refractivity contribution in [3.05, 3.63) is 47.7 Å². The van der Waals surface area contributed by atoms with E-state index in [-0.39, 0.29) is 12.6 Å². The van der Waals surface area contributed by atoms with E-state index in [2.05, 4.69) is 9.88 Å². The number of nitrogens with zero attached hydrogens (tertiary/aromatic N) is 2. The van der Waals surface area contributed by atoms with Crippen LogP contribution in [0.1, 0.15) is 24.0 Å². The molecule has 1 aromatic carbocycles. The number of pyridine rings is 1. The number of nitrogen functional groups attached to an aromatic ring is 1. The lowest BCUT2D eigenvalue weighted by atomic mass is 9.94. The predicted octanol–water partition coefficient (Wildman–Crippen LogP) is 3.44. The highest BCUT2D eigenvalue weighted by atomic mass is 19.4. The third kappa shape index (κ3) is 3.61. The molecule has 150 valence electrons. The van der Waals surface area contributed by atoms with E-state index in [0.717, 1.165) is 43.9 Å². The predicted molar refractivity (Wildman–Crippen MR) is 101 cm³/mol. The molecule has 4 N–H and O–H groups in total. The molecule has 0 radical (unpaired) electrons. The van der Waals surface area contributed by atoms with Crippen LogP contribution in [-0.2, 0) is 12.7 Å². The number of alkyl halides is 3. The summed E-state index contributed by atoms with van der Waals surface area (Å²) in [7, 11) is 0. The SMILES string of the molecule is NCc1cc(C(F)(F)F)ccc1OC1C2CCC1CN(c1ccc(N)cn1)C2. The summed E-state index contributed by atoms with van der Waals surface area (Å²) in [5, 5.41) is 0. The molecule has 0 amide bonds. The van der Waals surface area contributed by atoms with Crippen molar-refractivity contribution in [2.45, 2.75) is 31.7 Å². The fourth-order valence-electron chi connectivity index (χ4n) is 4.31. The van der Waals surface area contributed by atoms with Gasteiger partial charge in [-0.1, -0.05) is 0 Å². The molecule has 1 aromatic heterocycles. The number of hydrogen-bond acceptors (Lipinski definition) is 5. The Hall–Kier alpha value is -2.48. The van der Waals surface area contributed by atoms with Crippen molar-refractivity contribution < 1.29 is 17.9 Å². The van der Waals surface area contributed by atoms with E-state index in [1.165, 1.54) is 6.07 Å². The minimum atomic E-state index is -4.39. The summed E-state index contributed by atoms with van der Waals surface area (Å²) < 4.78 is 45.1. The number of benzene rings is 1. The largest absolute Gasteiger partial charge is 0.489 e. The van der Waals surface area contributed by atoms with Crippen LogP contribution in [0.15, 0.2) is 36.5 Å². The molecule has 2 aliphatic rings. The number of anilines is 2. The van der Waals surface area contributed by atoms with E-state index in [4.69, 9.17) is 16.2 Å². The number of ether oxygens (including phenoxy) is 1. The van der Waals surface area contributed by atoms with E-state index in [9.17, 15) is 13.2 Å². The monoisotopic (exact) mass is 392 g/mol. The van der Waals surface area contributed by atoms with Gasteiger partial charge >= 0.3 is 6.18 Å². The molecule has 2 unspecified atom stereocenters. The zero-order chi connectivity index (χ0) is 19.9. The molecule has 1 saturated heterocycles. The van der Waals surface area contributed by atoms with E-state index < -0.39 is 11.7 Å². The quantitative estimate of drug-likeness (QED) is 0.834. The van der Waals surface area contributed by atoms with Gasteiger partial charge in [-0.3, -0.25) is 0 Å². The second-order valence-corrected chi connectivity index (χ2v) is 7.56. The van der Waals surface area contributed by atoms with Gasteiger partial charge in [0.05, 0.1) is 17.4 Å². The molecule has 2 fully saturated rings. The third-order valence-corrected chi connectivity index (χ3v) is 5.71. The summed E-state index contributed by atoms with van der Waals surface area (Å²) in [5.74, 6) is 1.94. The maximum absolute atomic E-state index is 13.0. The highest BCUT2D eigenvalue weighted by Gasteiger charge is 2.44. The van der Waals surface area contributed by atoms with E-state index in [1.54, 1.807) is 6.20 Å². The molecule has 4 rings (SSSR count). The summed E-state index contributed by atoms with van der Waals surface area (Å²) >= 11 is 0. The van der Waals surface area contributed by atoms with Crippen molar-refractivity contribution in [1.29, 1.82) is 0 Å². The van der Waals surface area contributed by atoms with Crippen molar-refractivity contribution in [2.75, 3.05) is 23.7 Å². The molecule has 2 atom stereocenters. The number of hydrogen-bond donors (Lipinski definition) is 2. The van der Waals surface area contributed by atoms with Gasteiger partial charge in [0.1, 0.15) is 17.7 Å². The van der Waals surface area contributed by atoms with Crippen LogP contribution in [0.5, 0.6) is 5.75 Å². The molecule has 5 nitrogen and oxygen atoms in total. The first-order valence-corrected chi connectivity index (χ1v) is 9.38. The van der Waals surface area contributed by atoms with Crippen LogP contribution in [0.25, 0.3) is 0 Å². The van der Waals surface area contributed by atoms with Gasteiger partial charge in [0.2, 0.25) is 0 Å².